The van der Waals surface area contributed by atoms with Crippen molar-refractivity contribution in [1.82, 2.24) is 4.98 Å². The first-order valence-corrected chi connectivity index (χ1v) is 9.17. The maximum atomic E-state index is 12.5. The van der Waals surface area contributed by atoms with Crippen molar-refractivity contribution < 1.29 is 14.9 Å². The van der Waals surface area contributed by atoms with Crippen LogP contribution in [0.3, 0.4) is 0 Å². The van der Waals surface area contributed by atoms with Crippen LogP contribution < -0.4 is 15.5 Å². The van der Waals surface area contributed by atoms with Crippen LogP contribution >= 0.6 is 0 Å². The number of allylic oxidation sites excluding steroid dienone is 1. The fourth-order valence-corrected chi connectivity index (χ4v) is 3.26. The van der Waals surface area contributed by atoms with E-state index in [-0.39, 0.29) is 17.7 Å². The van der Waals surface area contributed by atoms with Crippen LogP contribution in [0.1, 0.15) is 24.8 Å². The molecule has 7 heteroatoms. The number of carbonyl (C=O) groups excluding carboxylic acids is 2. The van der Waals surface area contributed by atoms with Crippen LogP contribution in [-0.2, 0) is 9.59 Å². The highest BCUT2D eigenvalue weighted by molar-refractivity contribution is 6.06. The normalized spacial score (nSPS) is 16.9. The first-order valence-electron chi connectivity index (χ1n) is 9.17. The van der Waals surface area contributed by atoms with Gasteiger partial charge in [0, 0.05) is 48.6 Å². The van der Waals surface area contributed by atoms with Gasteiger partial charge in [0.05, 0.1) is 7.05 Å². The molecule has 2 amide bonds. The summed E-state index contributed by atoms with van der Waals surface area (Å²) in [6.45, 7) is 2.21. The molecule has 1 saturated heterocycles. The molecule has 1 aliphatic heterocycles. The Bertz CT molecular complexity index is 923. The molecule has 144 valence electrons. The maximum Gasteiger partial charge on any atom is 0.310 e. The van der Waals surface area contributed by atoms with Gasteiger partial charge in [-0.15, -0.1) is 0 Å². The highest BCUT2D eigenvalue weighted by atomic mass is 16.2. The average molecular weight is 378 g/mol. The number of likely N-dealkylation sites (N-methyl/N-ethyl adjacent to an activating group) is 1. The number of benzene rings is 1. The molecule has 1 atom stereocenters. The molecule has 1 aromatic heterocycles. The molecular weight excluding hydrogens is 354 g/mol. The van der Waals surface area contributed by atoms with Crippen LogP contribution in [0.5, 0.6) is 0 Å². The zero-order valence-corrected chi connectivity index (χ0v) is 16.0. The molecule has 7 nitrogen and oxygen atoms in total. The molecule has 2 aromatic rings. The smallest absolute Gasteiger partial charge is 0.310 e. The lowest BCUT2D eigenvalue weighted by atomic mass is 9.99. The van der Waals surface area contributed by atoms with Crippen molar-refractivity contribution in [1.29, 1.82) is 5.41 Å². The van der Waals surface area contributed by atoms with Crippen molar-refractivity contribution in [3.8, 4) is 0 Å². The molecule has 0 bridgehead atoms. The van der Waals surface area contributed by atoms with E-state index in [1.54, 1.807) is 42.5 Å². The summed E-state index contributed by atoms with van der Waals surface area (Å²) in [4.78, 5) is 30.9. The van der Waals surface area contributed by atoms with Gasteiger partial charge in [0.15, 0.2) is 5.70 Å². The molecule has 0 aliphatic carbocycles. The highest BCUT2D eigenvalue weighted by Crippen LogP contribution is 2.32. The molecule has 0 radical (unpaired) electrons. The number of aromatic nitrogens is 1. The van der Waals surface area contributed by atoms with E-state index in [0.29, 0.717) is 35.9 Å². The number of quaternary nitrogens is 1. The van der Waals surface area contributed by atoms with Gasteiger partial charge in [0.2, 0.25) is 5.91 Å². The summed E-state index contributed by atoms with van der Waals surface area (Å²) in [6.07, 6.45) is 3.53. The molecule has 3 rings (SSSR count). The molecule has 0 spiro atoms. The first-order chi connectivity index (χ1) is 13.5. The zero-order valence-electron chi connectivity index (χ0n) is 16.0. The lowest BCUT2D eigenvalue weighted by molar-refractivity contribution is -0.569. The van der Waals surface area contributed by atoms with Gasteiger partial charge in [0.25, 0.3) is 0 Å². The van der Waals surface area contributed by atoms with E-state index in [4.69, 9.17) is 5.41 Å². The first kappa shape index (κ1) is 19.4. The number of rotatable bonds is 6. The Morgan fingerprint density at radius 1 is 1.32 bits per heavy atom. The van der Waals surface area contributed by atoms with Crippen LogP contribution in [0.2, 0.25) is 0 Å². The van der Waals surface area contributed by atoms with Crippen LogP contribution in [0.4, 0.5) is 11.5 Å². The lowest BCUT2D eigenvalue weighted by Gasteiger charge is -2.17. The summed E-state index contributed by atoms with van der Waals surface area (Å²) in [5, 5.41) is 11.9. The third kappa shape index (κ3) is 4.50. The average Bonchev–Trinajstić information content (AvgIpc) is 3.08. The Morgan fingerprint density at radius 2 is 2.07 bits per heavy atom. The van der Waals surface area contributed by atoms with Crippen LogP contribution in [0.25, 0.3) is 0 Å². The standard InChI is InChI=1S/C21H23N5O2/c1-14(22)10-18(23-2)21(28)25-19-12-17(8-9-24-19)26-13-16(11-20(26)27)15-6-4-3-5-7-15/h3-10,12,16,22-23H,11,13H2,1-2H3,(H,24,25,28)/p+1/b18-10-,22-14?. The zero-order chi connectivity index (χ0) is 20.1. The number of hydrogen-bond acceptors (Lipinski definition) is 4. The van der Waals surface area contributed by atoms with E-state index in [1.807, 2.05) is 30.3 Å². The van der Waals surface area contributed by atoms with Gasteiger partial charge < -0.3 is 20.9 Å². The van der Waals surface area contributed by atoms with E-state index >= 15 is 0 Å². The van der Waals surface area contributed by atoms with Crippen LogP contribution in [0.15, 0.2) is 60.4 Å². The minimum atomic E-state index is -0.339. The Morgan fingerprint density at radius 3 is 2.75 bits per heavy atom. The number of nitrogens with zero attached hydrogens (tertiary/aromatic N) is 2. The van der Waals surface area contributed by atoms with Crippen molar-refractivity contribution in [2.75, 3.05) is 23.8 Å². The molecule has 1 unspecified atom stereocenters. The fraction of sp³-hybridized carbons (Fsp3) is 0.238. The molecule has 4 N–H and O–H groups in total. The molecule has 1 fully saturated rings. The van der Waals surface area contributed by atoms with E-state index < -0.39 is 0 Å². The lowest BCUT2D eigenvalue weighted by Crippen LogP contribution is -2.79. The van der Waals surface area contributed by atoms with Crippen molar-refractivity contribution in [3.63, 3.8) is 0 Å². The van der Waals surface area contributed by atoms with Gasteiger partial charge in [-0.1, -0.05) is 30.3 Å². The number of carbonyl (C=O) groups is 2. The summed E-state index contributed by atoms with van der Waals surface area (Å²) in [5.74, 6) is 0.237. The molecule has 28 heavy (non-hydrogen) atoms. The molecule has 1 aromatic carbocycles. The van der Waals surface area contributed by atoms with Gasteiger partial charge >= 0.3 is 5.91 Å². The second-order valence-corrected chi connectivity index (χ2v) is 6.74. The third-order valence-electron chi connectivity index (χ3n) is 4.64. The number of pyridine rings is 1. The number of anilines is 2. The SMILES string of the molecule is C[NH2+]/C(=C\C(C)=N)C(=O)Nc1cc(N2CC(c3ccccc3)CC2=O)ccn1. The van der Waals surface area contributed by atoms with Crippen molar-refractivity contribution >= 4 is 29.0 Å². The summed E-state index contributed by atoms with van der Waals surface area (Å²) in [6, 6.07) is 13.5. The number of nitrogens with one attached hydrogen (secondary N) is 2. The maximum absolute atomic E-state index is 12.5. The minimum Gasteiger partial charge on any atom is -0.312 e. The van der Waals surface area contributed by atoms with E-state index in [0.717, 1.165) is 5.56 Å². The molecule has 2 heterocycles. The largest absolute Gasteiger partial charge is 0.312 e. The Kier molecular flexibility index (Phi) is 5.96. The quantitative estimate of drug-likeness (QED) is 0.526. The van der Waals surface area contributed by atoms with E-state index in [9.17, 15) is 9.59 Å². The molecule has 0 saturated carbocycles. The Balaban J connectivity index is 1.75. The number of nitrogens with two attached hydrogens (primary N) is 1. The predicted molar refractivity (Wildman–Crippen MR) is 108 cm³/mol. The van der Waals surface area contributed by atoms with Gasteiger partial charge in [-0.2, -0.15) is 0 Å². The van der Waals surface area contributed by atoms with E-state index in [2.05, 4.69) is 10.3 Å². The van der Waals surface area contributed by atoms with Gasteiger partial charge in [0.1, 0.15) is 5.82 Å². The van der Waals surface area contributed by atoms with Gasteiger partial charge in [-0.25, -0.2) is 4.98 Å². The third-order valence-corrected chi connectivity index (χ3v) is 4.64. The van der Waals surface area contributed by atoms with Crippen molar-refractivity contribution in [2.45, 2.75) is 19.3 Å². The van der Waals surface area contributed by atoms with Gasteiger partial charge in [-0.05, 0) is 18.6 Å². The second-order valence-electron chi connectivity index (χ2n) is 6.74. The van der Waals surface area contributed by atoms with Crippen LogP contribution in [-0.4, -0.2) is 36.1 Å². The van der Waals surface area contributed by atoms with Crippen LogP contribution in [0, 0.1) is 5.41 Å². The summed E-state index contributed by atoms with van der Waals surface area (Å²) < 4.78 is 0. The van der Waals surface area contributed by atoms with Gasteiger partial charge in [-0.3, -0.25) is 9.59 Å². The summed E-state index contributed by atoms with van der Waals surface area (Å²) >= 11 is 0. The minimum absolute atomic E-state index is 0.0548. The predicted octanol–water partition coefficient (Wildman–Crippen LogP) is 1.66. The summed E-state index contributed by atoms with van der Waals surface area (Å²) in [7, 11) is 1.74. The highest BCUT2D eigenvalue weighted by Gasteiger charge is 2.31. The van der Waals surface area contributed by atoms with Crippen molar-refractivity contribution in [3.05, 3.63) is 66.0 Å². The fourth-order valence-electron chi connectivity index (χ4n) is 3.26. The summed E-state index contributed by atoms with van der Waals surface area (Å²) in [5.41, 5.74) is 2.54. The monoisotopic (exact) mass is 378 g/mol. The topological polar surface area (TPSA) is 103 Å². The van der Waals surface area contributed by atoms with Crippen molar-refractivity contribution in [2.24, 2.45) is 0 Å². The molecule has 1 aliphatic rings. The second kappa shape index (κ2) is 8.58. The van der Waals surface area contributed by atoms with E-state index in [1.165, 1.54) is 6.08 Å². The number of amides is 2. The molecular formula is C21H24N5O2+. The Labute approximate surface area is 164 Å². The number of hydrogen-bond donors (Lipinski definition) is 3. The Hall–Kier alpha value is -3.32.